The third-order valence-corrected chi connectivity index (χ3v) is 4.48. The number of carboxylic acids is 1. The summed E-state index contributed by atoms with van der Waals surface area (Å²) in [5.74, 6) is -2.95. The minimum atomic E-state index is -1.23. The minimum absolute atomic E-state index is 0.0150. The molecule has 1 aliphatic rings. The summed E-state index contributed by atoms with van der Waals surface area (Å²) in [4.78, 5) is 35.3. The number of carboxylic acid groups (broad SMARTS) is 1. The van der Waals surface area contributed by atoms with Crippen LogP contribution in [0.2, 0.25) is 0 Å². The molecule has 2 atom stereocenters. The smallest absolute Gasteiger partial charge is 0.336 e. The van der Waals surface area contributed by atoms with E-state index < -0.39 is 22.8 Å². The summed E-state index contributed by atoms with van der Waals surface area (Å²) in [6.07, 6.45) is -0.339. The number of esters is 1. The number of non-ortho nitro benzene ring substituents is 1. The minimum Gasteiger partial charge on any atom is -0.478 e. The molecule has 0 saturated carbocycles. The summed E-state index contributed by atoms with van der Waals surface area (Å²) in [5, 5.41) is 23.8. The fraction of sp³-hybridized carbons (Fsp3) is 0.368. The van der Waals surface area contributed by atoms with Crippen molar-refractivity contribution in [1.29, 1.82) is 0 Å². The Kier molecular flexibility index (Phi) is 6.53. The monoisotopic (exact) mass is 390 g/mol. The largest absolute Gasteiger partial charge is 0.478 e. The topological polar surface area (TPSA) is 128 Å². The summed E-state index contributed by atoms with van der Waals surface area (Å²) >= 11 is 0. The second-order valence-electron chi connectivity index (χ2n) is 6.44. The molecule has 28 heavy (non-hydrogen) atoms. The number of rotatable bonds is 7. The number of benzene rings is 1. The molecule has 0 aliphatic carbocycles. The van der Waals surface area contributed by atoms with Crippen LogP contribution < -0.4 is 5.32 Å². The van der Waals surface area contributed by atoms with Crippen molar-refractivity contribution in [3.05, 3.63) is 62.5 Å². The van der Waals surface area contributed by atoms with Gasteiger partial charge in [0.05, 0.1) is 28.1 Å². The highest BCUT2D eigenvalue weighted by atomic mass is 16.6. The van der Waals surface area contributed by atoms with Crippen LogP contribution in [0.25, 0.3) is 0 Å². The SMILES string of the molecule is COC(C)COC(=O)C1=C(C)NC(C)=C(C(=O)O)C1c1cccc([N+](=O)[O-])c1. The molecule has 150 valence electrons. The van der Waals surface area contributed by atoms with Gasteiger partial charge in [-0.15, -0.1) is 0 Å². The quantitative estimate of drug-likeness (QED) is 0.413. The molecule has 0 aromatic heterocycles. The third kappa shape index (κ3) is 4.37. The number of methoxy groups -OCH3 is 1. The van der Waals surface area contributed by atoms with Crippen LogP contribution in [-0.2, 0) is 19.1 Å². The first-order valence-electron chi connectivity index (χ1n) is 8.53. The zero-order chi connectivity index (χ0) is 21.0. The number of aliphatic carboxylic acids is 1. The predicted octanol–water partition coefficient (Wildman–Crippen LogP) is 2.49. The van der Waals surface area contributed by atoms with Gasteiger partial charge in [0.1, 0.15) is 6.61 Å². The molecule has 0 radical (unpaired) electrons. The Balaban J connectivity index is 2.56. The van der Waals surface area contributed by atoms with Crippen molar-refractivity contribution in [2.45, 2.75) is 32.8 Å². The Morgan fingerprint density at radius 2 is 1.93 bits per heavy atom. The van der Waals surface area contributed by atoms with E-state index in [-0.39, 0.29) is 29.5 Å². The number of hydrogen-bond acceptors (Lipinski definition) is 7. The van der Waals surface area contributed by atoms with E-state index in [1.807, 2.05) is 0 Å². The highest BCUT2D eigenvalue weighted by Crippen LogP contribution is 2.39. The first-order chi connectivity index (χ1) is 13.2. The Morgan fingerprint density at radius 1 is 1.29 bits per heavy atom. The van der Waals surface area contributed by atoms with Crippen LogP contribution in [0.15, 0.2) is 46.8 Å². The van der Waals surface area contributed by atoms with Crippen molar-refractivity contribution in [2.75, 3.05) is 13.7 Å². The fourth-order valence-corrected chi connectivity index (χ4v) is 3.04. The van der Waals surface area contributed by atoms with Gasteiger partial charge in [0, 0.05) is 30.6 Å². The van der Waals surface area contributed by atoms with Crippen LogP contribution in [0.1, 0.15) is 32.3 Å². The van der Waals surface area contributed by atoms with E-state index in [1.165, 1.54) is 25.3 Å². The summed E-state index contributed by atoms with van der Waals surface area (Å²) in [6, 6.07) is 5.58. The van der Waals surface area contributed by atoms with Crippen molar-refractivity contribution >= 4 is 17.6 Å². The Labute approximate surface area is 161 Å². The second kappa shape index (κ2) is 8.66. The normalized spacial score (nSPS) is 17.8. The summed E-state index contributed by atoms with van der Waals surface area (Å²) in [7, 11) is 1.48. The van der Waals surface area contributed by atoms with Crippen LogP contribution in [-0.4, -0.2) is 41.8 Å². The summed E-state index contributed by atoms with van der Waals surface area (Å²) < 4.78 is 10.3. The van der Waals surface area contributed by atoms with E-state index in [4.69, 9.17) is 9.47 Å². The van der Waals surface area contributed by atoms with Gasteiger partial charge in [0.25, 0.3) is 5.69 Å². The predicted molar refractivity (Wildman–Crippen MR) is 99.4 cm³/mol. The van der Waals surface area contributed by atoms with Crippen molar-refractivity contribution in [3.8, 4) is 0 Å². The van der Waals surface area contributed by atoms with Crippen molar-refractivity contribution in [2.24, 2.45) is 0 Å². The summed E-state index contributed by atoms with van der Waals surface area (Å²) in [5.41, 5.74) is 0.914. The van der Waals surface area contributed by atoms with Gasteiger partial charge in [-0.1, -0.05) is 12.1 Å². The van der Waals surface area contributed by atoms with Gasteiger partial charge in [-0.25, -0.2) is 9.59 Å². The molecule has 1 heterocycles. The average Bonchev–Trinajstić information content (AvgIpc) is 2.64. The number of ether oxygens (including phenoxy) is 2. The molecule has 1 aromatic carbocycles. The number of carbonyl (C=O) groups is 2. The zero-order valence-electron chi connectivity index (χ0n) is 16.0. The third-order valence-electron chi connectivity index (χ3n) is 4.48. The van der Waals surface area contributed by atoms with Crippen molar-refractivity contribution in [1.82, 2.24) is 5.32 Å². The van der Waals surface area contributed by atoms with Crippen molar-refractivity contribution in [3.63, 3.8) is 0 Å². The highest BCUT2D eigenvalue weighted by Gasteiger charge is 2.37. The van der Waals surface area contributed by atoms with Gasteiger partial charge in [-0.2, -0.15) is 0 Å². The van der Waals surface area contributed by atoms with Gasteiger partial charge < -0.3 is 19.9 Å². The van der Waals surface area contributed by atoms with E-state index in [2.05, 4.69) is 5.32 Å². The summed E-state index contributed by atoms with van der Waals surface area (Å²) in [6.45, 7) is 4.91. The van der Waals surface area contributed by atoms with Crippen LogP contribution in [0.4, 0.5) is 5.69 Å². The Morgan fingerprint density at radius 3 is 2.50 bits per heavy atom. The number of carbonyl (C=O) groups excluding carboxylic acids is 1. The number of allylic oxidation sites excluding steroid dienone is 2. The lowest BCUT2D eigenvalue weighted by Gasteiger charge is -2.29. The molecule has 9 nitrogen and oxygen atoms in total. The van der Waals surface area contributed by atoms with Gasteiger partial charge in [0.15, 0.2) is 0 Å². The number of dihydropyridines is 1. The molecule has 2 N–H and O–H groups in total. The van der Waals surface area contributed by atoms with Gasteiger partial charge in [0.2, 0.25) is 0 Å². The molecule has 0 fully saturated rings. The molecular weight excluding hydrogens is 368 g/mol. The maximum absolute atomic E-state index is 12.8. The molecule has 1 aromatic rings. The maximum atomic E-state index is 12.8. The molecule has 9 heteroatoms. The molecule has 0 spiro atoms. The lowest BCUT2D eigenvalue weighted by atomic mass is 9.80. The van der Waals surface area contributed by atoms with Crippen LogP contribution in [0.5, 0.6) is 0 Å². The van der Waals surface area contributed by atoms with Gasteiger partial charge >= 0.3 is 11.9 Å². The van der Waals surface area contributed by atoms with Gasteiger partial charge in [-0.3, -0.25) is 10.1 Å². The molecule has 0 bridgehead atoms. The average molecular weight is 390 g/mol. The lowest BCUT2D eigenvalue weighted by molar-refractivity contribution is -0.384. The fourth-order valence-electron chi connectivity index (χ4n) is 3.04. The number of nitro benzene ring substituents is 1. The van der Waals surface area contributed by atoms with Crippen LogP contribution in [0.3, 0.4) is 0 Å². The molecule has 0 saturated heterocycles. The highest BCUT2D eigenvalue weighted by molar-refractivity contribution is 5.99. The Bertz CT molecular complexity index is 873. The number of nitrogens with zero attached hydrogens (tertiary/aromatic N) is 1. The number of nitro groups is 1. The molecule has 2 unspecified atom stereocenters. The van der Waals surface area contributed by atoms with Crippen molar-refractivity contribution < 1.29 is 29.1 Å². The number of nitrogens with one attached hydrogen (secondary N) is 1. The molecule has 0 amide bonds. The van der Waals surface area contributed by atoms with Crippen LogP contribution >= 0.6 is 0 Å². The van der Waals surface area contributed by atoms with E-state index in [0.29, 0.717) is 17.0 Å². The van der Waals surface area contributed by atoms with E-state index >= 15 is 0 Å². The second-order valence-corrected chi connectivity index (χ2v) is 6.44. The Hall–Kier alpha value is -3.20. The lowest BCUT2D eigenvalue weighted by Crippen LogP contribution is -2.32. The molecular formula is C19H22N2O7. The first-order valence-corrected chi connectivity index (χ1v) is 8.53. The van der Waals surface area contributed by atoms with E-state index in [0.717, 1.165) is 0 Å². The van der Waals surface area contributed by atoms with Gasteiger partial charge in [-0.05, 0) is 26.3 Å². The first kappa shape index (κ1) is 21.1. The van der Waals surface area contributed by atoms with E-state index in [9.17, 15) is 24.8 Å². The van der Waals surface area contributed by atoms with Crippen LogP contribution in [0, 0.1) is 10.1 Å². The molecule has 1 aliphatic heterocycles. The van der Waals surface area contributed by atoms with E-state index in [1.54, 1.807) is 26.8 Å². The maximum Gasteiger partial charge on any atom is 0.336 e. The zero-order valence-corrected chi connectivity index (χ0v) is 16.0. The molecule has 2 rings (SSSR count). The number of hydrogen-bond donors (Lipinski definition) is 2. The standard InChI is InChI=1S/C19H22N2O7/c1-10(27-4)9-28-19(24)16-12(3)20-11(2)15(18(22)23)17(16)13-6-5-7-14(8-13)21(25)26/h5-8,10,17,20H,9H2,1-4H3,(H,22,23).